The van der Waals surface area contributed by atoms with Gasteiger partial charge in [-0.3, -0.25) is 9.55 Å². The molecule has 0 amide bonds. The molecule has 130 valence electrons. The largest absolute Gasteiger partial charge is 0.339 e. The monoisotopic (exact) mass is 375 g/mol. The van der Waals surface area contributed by atoms with Crippen LogP contribution in [0.4, 0.5) is 5.95 Å². The van der Waals surface area contributed by atoms with E-state index < -0.39 is 9.84 Å². The molecular formula is C16H17N5O2S2. The zero-order chi connectivity index (χ0) is 17.3. The highest BCUT2D eigenvalue weighted by Gasteiger charge is 2.26. The van der Waals surface area contributed by atoms with E-state index in [1.54, 1.807) is 23.7 Å². The molecule has 0 N–H and O–H groups in total. The lowest BCUT2D eigenvalue weighted by atomic mass is 10.2. The Hall–Kier alpha value is -2.26. The second-order valence-corrected chi connectivity index (χ2v) is 9.01. The van der Waals surface area contributed by atoms with Gasteiger partial charge in [0.05, 0.1) is 18.1 Å². The minimum absolute atomic E-state index is 0.153. The number of aromatic nitrogens is 4. The normalized spacial score (nSPS) is 16.9. The van der Waals surface area contributed by atoms with Gasteiger partial charge in [-0.25, -0.2) is 8.42 Å². The van der Waals surface area contributed by atoms with Crippen molar-refractivity contribution in [2.75, 3.05) is 29.5 Å². The molecule has 3 aromatic heterocycles. The maximum absolute atomic E-state index is 11.7. The number of nitrogens with zero attached hydrogens (tertiary/aromatic N) is 5. The van der Waals surface area contributed by atoms with Gasteiger partial charge in [-0.05, 0) is 34.5 Å². The Morgan fingerprint density at radius 3 is 2.68 bits per heavy atom. The summed E-state index contributed by atoms with van der Waals surface area (Å²) < 4.78 is 25.5. The van der Waals surface area contributed by atoms with Crippen LogP contribution in [0, 0.1) is 0 Å². The lowest BCUT2D eigenvalue weighted by Crippen LogP contribution is -2.41. The average molecular weight is 375 g/mol. The first-order valence-electron chi connectivity index (χ1n) is 7.92. The number of rotatable bonds is 4. The van der Waals surface area contributed by atoms with Crippen molar-refractivity contribution in [1.82, 2.24) is 19.7 Å². The molecule has 0 unspecified atom stereocenters. The molecule has 0 aliphatic carbocycles. The summed E-state index contributed by atoms with van der Waals surface area (Å²) in [6, 6.07) is 5.89. The predicted octanol–water partition coefficient (Wildman–Crippen LogP) is 1.68. The van der Waals surface area contributed by atoms with Crippen molar-refractivity contribution in [2.24, 2.45) is 0 Å². The fourth-order valence-corrected chi connectivity index (χ4v) is 4.72. The summed E-state index contributed by atoms with van der Waals surface area (Å²) in [4.78, 5) is 6.17. The first kappa shape index (κ1) is 16.2. The average Bonchev–Trinajstić information content (AvgIpc) is 3.26. The molecule has 0 atom stereocenters. The van der Waals surface area contributed by atoms with Crippen molar-refractivity contribution in [1.29, 1.82) is 0 Å². The summed E-state index contributed by atoms with van der Waals surface area (Å²) in [5.41, 5.74) is 2.06. The zero-order valence-corrected chi connectivity index (χ0v) is 15.1. The van der Waals surface area contributed by atoms with Crippen molar-refractivity contribution in [3.63, 3.8) is 0 Å². The lowest BCUT2D eigenvalue weighted by molar-refractivity contribution is 0.584. The second-order valence-electron chi connectivity index (χ2n) is 5.92. The minimum atomic E-state index is -2.94. The second kappa shape index (κ2) is 6.57. The summed E-state index contributed by atoms with van der Waals surface area (Å²) in [5, 5.41) is 12.9. The molecule has 0 spiro atoms. The van der Waals surface area contributed by atoms with Gasteiger partial charge in [-0.15, -0.1) is 10.2 Å². The number of sulfone groups is 1. The topological polar surface area (TPSA) is 81.0 Å². The van der Waals surface area contributed by atoms with Crippen molar-refractivity contribution in [3.8, 4) is 11.4 Å². The van der Waals surface area contributed by atoms with Crippen LogP contribution in [-0.4, -0.2) is 52.8 Å². The number of thiophene rings is 1. The van der Waals surface area contributed by atoms with Crippen LogP contribution in [0.2, 0.25) is 0 Å². The van der Waals surface area contributed by atoms with Gasteiger partial charge in [-0.2, -0.15) is 11.3 Å². The molecule has 4 rings (SSSR count). The first-order valence-corrected chi connectivity index (χ1v) is 10.7. The number of pyridine rings is 1. The molecular weight excluding hydrogens is 358 g/mol. The number of anilines is 1. The van der Waals surface area contributed by atoms with E-state index in [9.17, 15) is 8.42 Å². The summed E-state index contributed by atoms with van der Waals surface area (Å²) in [7, 11) is -2.94. The zero-order valence-electron chi connectivity index (χ0n) is 13.4. The van der Waals surface area contributed by atoms with E-state index in [1.807, 2.05) is 27.0 Å². The summed E-state index contributed by atoms with van der Waals surface area (Å²) in [5.74, 6) is 1.75. The molecule has 1 aliphatic heterocycles. The minimum Gasteiger partial charge on any atom is -0.339 e. The third-order valence-electron chi connectivity index (χ3n) is 4.20. The van der Waals surface area contributed by atoms with Crippen LogP contribution in [0.15, 0.2) is 41.4 Å². The summed E-state index contributed by atoms with van der Waals surface area (Å²) >= 11 is 1.64. The molecule has 0 radical (unpaired) electrons. The highest BCUT2D eigenvalue weighted by Crippen LogP contribution is 2.25. The quantitative estimate of drug-likeness (QED) is 0.690. The summed E-state index contributed by atoms with van der Waals surface area (Å²) in [6.07, 6.45) is 3.48. The van der Waals surface area contributed by atoms with E-state index >= 15 is 0 Å². The number of hydrogen-bond acceptors (Lipinski definition) is 7. The standard InChI is InChI=1S/C16H17N5O2S2/c22-25(23)8-5-20(6-9-25)16-19-18-15(14-2-1-4-17-10-14)21(16)11-13-3-7-24-12-13/h1-4,7,10,12H,5-6,8-9,11H2. The van der Waals surface area contributed by atoms with Gasteiger partial charge >= 0.3 is 0 Å². The third kappa shape index (κ3) is 3.42. The fourth-order valence-electron chi connectivity index (χ4n) is 2.86. The van der Waals surface area contributed by atoms with Crippen molar-refractivity contribution < 1.29 is 8.42 Å². The van der Waals surface area contributed by atoms with E-state index in [2.05, 4.69) is 26.6 Å². The molecule has 3 aromatic rings. The Morgan fingerprint density at radius 2 is 2.00 bits per heavy atom. The highest BCUT2D eigenvalue weighted by atomic mass is 32.2. The third-order valence-corrected chi connectivity index (χ3v) is 6.54. The Morgan fingerprint density at radius 1 is 1.16 bits per heavy atom. The van der Waals surface area contributed by atoms with Gasteiger partial charge in [0.2, 0.25) is 5.95 Å². The molecule has 0 aromatic carbocycles. The maximum atomic E-state index is 11.7. The SMILES string of the molecule is O=S1(=O)CCN(c2nnc(-c3cccnc3)n2Cc2ccsc2)CC1. The number of hydrogen-bond donors (Lipinski definition) is 0. The Kier molecular flexibility index (Phi) is 4.26. The van der Waals surface area contributed by atoms with Gasteiger partial charge in [-0.1, -0.05) is 0 Å². The Balaban J connectivity index is 1.73. The van der Waals surface area contributed by atoms with Gasteiger partial charge < -0.3 is 4.90 Å². The van der Waals surface area contributed by atoms with Crippen LogP contribution in [0.5, 0.6) is 0 Å². The Bertz CT molecular complexity index is 938. The van der Waals surface area contributed by atoms with Crippen LogP contribution < -0.4 is 4.90 Å². The molecule has 1 saturated heterocycles. The van der Waals surface area contributed by atoms with Crippen LogP contribution in [0.1, 0.15) is 5.56 Å². The fraction of sp³-hybridized carbons (Fsp3) is 0.312. The van der Waals surface area contributed by atoms with E-state index in [0.717, 1.165) is 11.4 Å². The van der Waals surface area contributed by atoms with Gasteiger partial charge in [0.1, 0.15) is 0 Å². The molecule has 9 heteroatoms. The molecule has 0 bridgehead atoms. The van der Waals surface area contributed by atoms with Crippen LogP contribution >= 0.6 is 11.3 Å². The molecule has 7 nitrogen and oxygen atoms in total. The van der Waals surface area contributed by atoms with Gasteiger partial charge in [0.15, 0.2) is 15.7 Å². The highest BCUT2D eigenvalue weighted by molar-refractivity contribution is 7.91. The van der Waals surface area contributed by atoms with Gasteiger partial charge in [0.25, 0.3) is 0 Å². The van der Waals surface area contributed by atoms with Gasteiger partial charge in [0, 0.05) is 31.0 Å². The molecule has 1 fully saturated rings. The van der Waals surface area contributed by atoms with Crippen LogP contribution in [0.25, 0.3) is 11.4 Å². The van der Waals surface area contributed by atoms with E-state index in [1.165, 1.54) is 5.56 Å². The molecule has 0 saturated carbocycles. The Labute approximate surface area is 149 Å². The smallest absolute Gasteiger partial charge is 0.227 e. The van der Waals surface area contributed by atoms with Crippen molar-refractivity contribution in [2.45, 2.75) is 6.54 Å². The molecule has 4 heterocycles. The van der Waals surface area contributed by atoms with Crippen LogP contribution in [0.3, 0.4) is 0 Å². The van der Waals surface area contributed by atoms with E-state index in [0.29, 0.717) is 25.6 Å². The first-order chi connectivity index (χ1) is 12.1. The van der Waals surface area contributed by atoms with E-state index in [-0.39, 0.29) is 11.5 Å². The molecule has 25 heavy (non-hydrogen) atoms. The predicted molar refractivity (Wildman–Crippen MR) is 97.5 cm³/mol. The van der Waals surface area contributed by atoms with Crippen LogP contribution in [-0.2, 0) is 16.4 Å². The lowest BCUT2D eigenvalue weighted by Gasteiger charge is -2.27. The molecule has 1 aliphatic rings. The maximum Gasteiger partial charge on any atom is 0.227 e. The van der Waals surface area contributed by atoms with Crippen molar-refractivity contribution >= 4 is 27.1 Å². The summed E-state index contributed by atoms with van der Waals surface area (Å²) in [6.45, 7) is 1.52. The van der Waals surface area contributed by atoms with Crippen molar-refractivity contribution in [3.05, 3.63) is 46.9 Å². The van der Waals surface area contributed by atoms with E-state index in [4.69, 9.17) is 0 Å².